The monoisotopic (exact) mass is 459 g/mol. The molecule has 3 rings (SSSR count). The first kappa shape index (κ1) is 23.6. The molecule has 0 radical (unpaired) electrons. The predicted molar refractivity (Wildman–Crippen MR) is 130 cm³/mol. The van der Waals surface area contributed by atoms with E-state index in [1.165, 1.54) is 6.08 Å². The Hall–Kier alpha value is -4.08. The summed E-state index contributed by atoms with van der Waals surface area (Å²) in [5, 5.41) is 15.5. The molecule has 0 saturated heterocycles. The minimum Gasteiger partial charge on any atom is -0.483 e. The van der Waals surface area contributed by atoms with E-state index < -0.39 is 5.91 Å². The van der Waals surface area contributed by atoms with Crippen LogP contribution in [-0.2, 0) is 9.59 Å². The Morgan fingerprint density at radius 1 is 1.03 bits per heavy atom. The Bertz CT molecular complexity index is 1240. The van der Waals surface area contributed by atoms with Crippen molar-refractivity contribution < 1.29 is 14.3 Å². The summed E-state index contributed by atoms with van der Waals surface area (Å²) < 4.78 is 5.68. The molecule has 166 valence electrons. The molecule has 0 aliphatic rings. The molecular formula is C26H22ClN3O3. The standard InChI is InChI=1S/C26H22ClN3O3/c1-17-7-12-23(18(2)13-17)30-25(31)16-33-24-6-4-3-5-19(24)14-20(15-28)26(32)29-22-10-8-21(27)9-11-22/h3-14H,16H2,1-2H3,(H,29,32)(H,30,31)/b20-14-. The summed E-state index contributed by atoms with van der Waals surface area (Å²) >= 11 is 5.86. The lowest BCUT2D eigenvalue weighted by atomic mass is 10.1. The fourth-order valence-corrected chi connectivity index (χ4v) is 3.18. The lowest BCUT2D eigenvalue weighted by molar-refractivity contribution is -0.118. The first-order valence-corrected chi connectivity index (χ1v) is 10.5. The summed E-state index contributed by atoms with van der Waals surface area (Å²) in [5.41, 5.74) is 3.68. The Labute approximate surface area is 197 Å². The molecule has 2 amide bonds. The lowest BCUT2D eigenvalue weighted by Crippen LogP contribution is -2.21. The van der Waals surface area contributed by atoms with Gasteiger partial charge in [0, 0.05) is 22.0 Å². The van der Waals surface area contributed by atoms with Gasteiger partial charge in [0.15, 0.2) is 6.61 Å². The third-order valence-corrected chi connectivity index (χ3v) is 4.95. The van der Waals surface area contributed by atoms with Crippen molar-refractivity contribution in [1.82, 2.24) is 0 Å². The SMILES string of the molecule is Cc1ccc(NC(=O)COc2ccccc2/C=C(/C#N)C(=O)Nc2ccc(Cl)cc2)c(C)c1. The highest BCUT2D eigenvalue weighted by Crippen LogP contribution is 2.22. The molecule has 0 unspecified atom stereocenters. The number of ether oxygens (including phenoxy) is 1. The van der Waals surface area contributed by atoms with Gasteiger partial charge in [-0.1, -0.05) is 47.5 Å². The van der Waals surface area contributed by atoms with Crippen molar-refractivity contribution in [2.24, 2.45) is 0 Å². The quantitative estimate of drug-likeness (QED) is 0.359. The van der Waals surface area contributed by atoms with Crippen LogP contribution >= 0.6 is 11.6 Å². The third kappa shape index (κ3) is 6.70. The number of halogens is 1. The van der Waals surface area contributed by atoms with E-state index in [2.05, 4.69) is 10.6 Å². The number of nitrogens with one attached hydrogen (secondary N) is 2. The number of nitrogens with zero attached hydrogens (tertiary/aromatic N) is 1. The van der Waals surface area contributed by atoms with E-state index in [1.807, 2.05) is 38.1 Å². The maximum Gasteiger partial charge on any atom is 0.266 e. The Kier molecular flexibility index (Phi) is 7.85. The van der Waals surface area contributed by atoms with Crippen LogP contribution in [0, 0.1) is 25.2 Å². The molecule has 6 nitrogen and oxygen atoms in total. The Morgan fingerprint density at radius 2 is 1.76 bits per heavy atom. The van der Waals surface area contributed by atoms with E-state index >= 15 is 0 Å². The van der Waals surface area contributed by atoms with Gasteiger partial charge in [-0.25, -0.2) is 0 Å². The van der Waals surface area contributed by atoms with Crippen molar-refractivity contribution in [2.45, 2.75) is 13.8 Å². The fraction of sp³-hybridized carbons (Fsp3) is 0.115. The van der Waals surface area contributed by atoms with Gasteiger partial charge < -0.3 is 15.4 Å². The summed E-state index contributed by atoms with van der Waals surface area (Å²) in [6.07, 6.45) is 1.42. The van der Waals surface area contributed by atoms with Gasteiger partial charge in [0.25, 0.3) is 11.8 Å². The van der Waals surface area contributed by atoms with Crippen LogP contribution in [0.5, 0.6) is 5.75 Å². The number of carbonyl (C=O) groups is 2. The smallest absolute Gasteiger partial charge is 0.266 e. The van der Waals surface area contributed by atoms with Crippen LogP contribution in [0.3, 0.4) is 0 Å². The number of hydrogen-bond donors (Lipinski definition) is 2. The van der Waals surface area contributed by atoms with Crippen LogP contribution in [0.4, 0.5) is 11.4 Å². The molecule has 0 spiro atoms. The number of carbonyl (C=O) groups excluding carboxylic acids is 2. The molecule has 3 aromatic carbocycles. The summed E-state index contributed by atoms with van der Waals surface area (Å²) in [6, 6.07) is 21.1. The predicted octanol–water partition coefficient (Wildman–Crippen LogP) is 5.52. The topological polar surface area (TPSA) is 91.2 Å². The number of nitriles is 1. The number of anilines is 2. The van der Waals surface area contributed by atoms with Gasteiger partial charge in [-0.2, -0.15) is 5.26 Å². The minimum absolute atomic E-state index is 0.110. The fourth-order valence-electron chi connectivity index (χ4n) is 3.05. The second-order valence-corrected chi connectivity index (χ2v) is 7.76. The molecule has 0 atom stereocenters. The molecule has 0 fully saturated rings. The average molecular weight is 460 g/mol. The van der Waals surface area contributed by atoms with Crippen molar-refractivity contribution in [3.05, 3.63) is 94.0 Å². The van der Waals surface area contributed by atoms with Gasteiger partial charge in [-0.3, -0.25) is 9.59 Å². The van der Waals surface area contributed by atoms with Crippen LogP contribution in [0.2, 0.25) is 5.02 Å². The Balaban J connectivity index is 1.69. The molecule has 0 bridgehead atoms. The maximum atomic E-state index is 12.5. The van der Waals surface area contributed by atoms with Crippen molar-refractivity contribution in [3.8, 4) is 11.8 Å². The zero-order chi connectivity index (χ0) is 23.8. The highest BCUT2D eigenvalue weighted by atomic mass is 35.5. The highest BCUT2D eigenvalue weighted by molar-refractivity contribution is 6.30. The zero-order valence-corrected chi connectivity index (χ0v) is 18.9. The Morgan fingerprint density at radius 3 is 2.45 bits per heavy atom. The summed E-state index contributed by atoms with van der Waals surface area (Å²) in [6.45, 7) is 3.68. The molecule has 0 aliphatic heterocycles. The number of hydrogen-bond acceptors (Lipinski definition) is 4. The largest absolute Gasteiger partial charge is 0.483 e. The van der Waals surface area contributed by atoms with Crippen LogP contribution in [-0.4, -0.2) is 18.4 Å². The van der Waals surface area contributed by atoms with E-state index in [4.69, 9.17) is 16.3 Å². The van der Waals surface area contributed by atoms with Gasteiger partial charge in [-0.05, 0) is 61.9 Å². The van der Waals surface area contributed by atoms with Crippen molar-refractivity contribution in [2.75, 3.05) is 17.2 Å². The van der Waals surface area contributed by atoms with E-state index in [1.54, 1.807) is 48.5 Å². The van der Waals surface area contributed by atoms with Gasteiger partial charge >= 0.3 is 0 Å². The zero-order valence-electron chi connectivity index (χ0n) is 18.2. The van der Waals surface area contributed by atoms with E-state index in [0.717, 1.165) is 11.1 Å². The first-order chi connectivity index (χ1) is 15.9. The molecular weight excluding hydrogens is 438 g/mol. The van der Waals surface area contributed by atoms with Crippen molar-refractivity contribution >= 4 is 40.9 Å². The van der Waals surface area contributed by atoms with E-state index in [9.17, 15) is 14.9 Å². The van der Waals surface area contributed by atoms with Gasteiger partial charge in [0.05, 0.1) is 0 Å². The number of rotatable bonds is 7. The second kappa shape index (κ2) is 11.0. The first-order valence-electron chi connectivity index (χ1n) is 10.1. The second-order valence-electron chi connectivity index (χ2n) is 7.32. The third-order valence-electron chi connectivity index (χ3n) is 4.70. The summed E-state index contributed by atoms with van der Waals surface area (Å²) in [7, 11) is 0. The van der Waals surface area contributed by atoms with Gasteiger partial charge in [0.1, 0.15) is 17.4 Å². The molecule has 0 aliphatic carbocycles. The van der Waals surface area contributed by atoms with Crippen LogP contribution in [0.15, 0.2) is 72.3 Å². The molecule has 2 N–H and O–H groups in total. The maximum absolute atomic E-state index is 12.5. The normalized spacial score (nSPS) is 10.8. The highest BCUT2D eigenvalue weighted by Gasteiger charge is 2.12. The number of amides is 2. The average Bonchev–Trinajstić information content (AvgIpc) is 2.80. The van der Waals surface area contributed by atoms with Crippen LogP contribution in [0.25, 0.3) is 6.08 Å². The number of aryl methyl sites for hydroxylation is 2. The molecule has 0 aromatic heterocycles. The van der Waals surface area contributed by atoms with Crippen molar-refractivity contribution in [1.29, 1.82) is 5.26 Å². The summed E-state index contributed by atoms with van der Waals surface area (Å²) in [5.74, 6) is -0.510. The van der Waals surface area contributed by atoms with Crippen molar-refractivity contribution in [3.63, 3.8) is 0 Å². The van der Waals surface area contributed by atoms with Gasteiger partial charge in [-0.15, -0.1) is 0 Å². The molecule has 3 aromatic rings. The molecule has 7 heteroatoms. The van der Waals surface area contributed by atoms with E-state index in [-0.39, 0.29) is 18.1 Å². The van der Waals surface area contributed by atoms with Crippen LogP contribution in [0.1, 0.15) is 16.7 Å². The molecule has 0 saturated carbocycles. The van der Waals surface area contributed by atoms with E-state index in [0.29, 0.717) is 27.7 Å². The molecule has 0 heterocycles. The minimum atomic E-state index is -0.567. The van der Waals surface area contributed by atoms with Gasteiger partial charge in [0.2, 0.25) is 0 Å². The lowest BCUT2D eigenvalue weighted by Gasteiger charge is -2.12. The number of para-hydroxylation sites is 1. The number of benzene rings is 3. The summed E-state index contributed by atoms with van der Waals surface area (Å²) in [4.78, 5) is 24.9. The molecule has 33 heavy (non-hydrogen) atoms. The van der Waals surface area contributed by atoms with Crippen LogP contribution < -0.4 is 15.4 Å².